The van der Waals surface area contributed by atoms with Gasteiger partial charge in [0.2, 0.25) is 0 Å². The Labute approximate surface area is 118 Å². The van der Waals surface area contributed by atoms with Crippen molar-refractivity contribution in [2.45, 2.75) is 20.8 Å². The number of aryl methyl sites for hydroxylation is 1. The summed E-state index contributed by atoms with van der Waals surface area (Å²) in [5.41, 5.74) is 2.51. The molecule has 2 rings (SSSR count). The number of benzene rings is 1. The van der Waals surface area contributed by atoms with Gasteiger partial charge in [-0.3, -0.25) is 4.79 Å². The van der Waals surface area contributed by atoms with E-state index in [1.165, 1.54) is 0 Å². The summed E-state index contributed by atoms with van der Waals surface area (Å²) in [6.07, 6.45) is 0. The largest absolute Gasteiger partial charge is 0.465 e. The van der Waals surface area contributed by atoms with Gasteiger partial charge in [0.1, 0.15) is 6.54 Å². The molecule has 1 aromatic heterocycles. The number of carbonyl (C=O) groups is 1. The first-order valence-corrected chi connectivity index (χ1v) is 6.79. The van der Waals surface area contributed by atoms with Crippen molar-refractivity contribution >= 4 is 22.8 Å². The summed E-state index contributed by atoms with van der Waals surface area (Å²) in [6, 6.07) is 7.72. The van der Waals surface area contributed by atoms with Crippen molar-refractivity contribution in [2.75, 3.05) is 24.6 Å². The Morgan fingerprint density at radius 1 is 1.20 bits per heavy atom. The highest BCUT2D eigenvalue weighted by Crippen LogP contribution is 2.19. The third-order valence-corrected chi connectivity index (χ3v) is 3.03. The van der Waals surface area contributed by atoms with Gasteiger partial charge in [-0.25, -0.2) is 9.97 Å². The Morgan fingerprint density at radius 2 is 1.85 bits per heavy atom. The molecule has 1 aromatic carbocycles. The summed E-state index contributed by atoms with van der Waals surface area (Å²) >= 11 is 0. The maximum Gasteiger partial charge on any atom is 0.325 e. The first kappa shape index (κ1) is 14.2. The molecule has 0 unspecified atom stereocenters. The van der Waals surface area contributed by atoms with E-state index in [4.69, 9.17) is 4.74 Å². The van der Waals surface area contributed by atoms with Gasteiger partial charge in [-0.15, -0.1) is 0 Å². The van der Waals surface area contributed by atoms with Crippen LogP contribution in [0.3, 0.4) is 0 Å². The highest BCUT2D eigenvalue weighted by atomic mass is 16.5. The lowest BCUT2D eigenvalue weighted by molar-refractivity contribution is -0.141. The number of aromatic nitrogens is 2. The van der Waals surface area contributed by atoms with Crippen LogP contribution in [0.4, 0.5) is 5.82 Å². The number of rotatable bonds is 5. The van der Waals surface area contributed by atoms with Crippen molar-refractivity contribution in [3.8, 4) is 0 Å². The van der Waals surface area contributed by atoms with Gasteiger partial charge in [0.25, 0.3) is 0 Å². The summed E-state index contributed by atoms with van der Waals surface area (Å²) in [6.45, 7) is 6.94. The third-order valence-electron chi connectivity index (χ3n) is 3.03. The number of hydrogen-bond acceptors (Lipinski definition) is 5. The summed E-state index contributed by atoms with van der Waals surface area (Å²) < 4.78 is 4.99. The summed E-state index contributed by atoms with van der Waals surface area (Å²) in [4.78, 5) is 22.7. The molecule has 0 N–H and O–H groups in total. The molecule has 0 amide bonds. The first-order valence-electron chi connectivity index (χ1n) is 6.79. The van der Waals surface area contributed by atoms with Crippen LogP contribution in [0.1, 0.15) is 19.5 Å². The van der Waals surface area contributed by atoms with E-state index in [1.807, 2.05) is 43.0 Å². The average molecular weight is 273 g/mol. The lowest BCUT2D eigenvalue weighted by Gasteiger charge is -2.22. The number of fused-ring (bicyclic) bond motifs is 1. The van der Waals surface area contributed by atoms with E-state index in [-0.39, 0.29) is 12.5 Å². The van der Waals surface area contributed by atoms with Gasteiger partial charge in [0.05, 0.1) is 23.3 Å². The van der Waals surface area contributed by atoms with Crippen LogP contribution in [-0.4, -0.2) is 35.6 Å². The summed E-state index contributed by atoms with van der Waals surface area (Å²) in [5.74, 6) is 0.489. The number of likely N-dealkylation sites (N-methyl/N-ethyl adjacent to an activating group) is 1. The number of esters is 1. The van der Waals surface area contributed by atoms with E-state index in [9.17, 15) is 4.79 Å². The second kappa shape index (κ2) is 6.32. The summed E-state index contributed by atoms with van der Waals surface area (Å²) in [7, 11) is 0. The van der Waals surface area contributed by atoms with Crippen LogP contribution in [0.15, 0.2) is 24.3 Å². The van der Waals surface area contributed by atoms with Crippen molar-refractivity contribution in [3.05, 3.63) is 30.0 Å². The minimum atomic E-state index is -0.247. The minimum Gasteiger partial charge on any atom is -0.465 e. The molecule has 1 heterocycles. The van der Waals surface area contributed by atoms with Crippen molar-refractivity contribution in [1.82, 2.24) is 9.97 Å². The highest BCUT2D eigenvalue weighted by Gasteiger charge is 2.15. The lowest BCUT2D eigenvalue weighted by atomic mass is 10.3. The number of para-hydroxylation sites is 2. The molecule has 0 saturated heterocycles. The third kappa shape index (κ3) is 3.04. The van der Waals surface area contributed by atoms with Gasteiger partial charge >= 0.3 is 5.97 Å². The fraction of sp³-hybridized carbons (Fsp3) is 0.400. The molecule has 106 valence electrons. The van der Waals surface area contributed by atoms with Gasteiger partial charge in [-0.05, 0) is 32.9 Å². The van der Waals surface area contributed by atoms with Crippen molar-refractivity contribution in [3.63, 3.8) is 0 Å². The first-order chi connectivity index (χ1) is 9.65. The maximum absolute atomic E-state index is 11.6. The molecule has 0 radical (unpaired) electrons. The predicted octanol–water partition coefficient (Wildman–Crippen LogP) is 2.33. The molecular formula is C15H19N3O2. The molecule has 5 heteroatoms. The fourth-order valence-electron chi connectivity index (χ4n) is 2.08. The van der Waals surface area contributed by atoms with Gasteiger partial charge in [0, 0.05) is 6.54 Å². The van der Waals surface area contributed by atoms with Crippen LogP contribution in [0.5, 0.6) is 0 Å². The molecular weight excluding hydrogens is 254 g/mol. The second-order valence-electron chi connectivity index (χ2n) is 4.44. The van der Waals surface area contributed by atoms with E-state index in [1.54, 1.807) is 6.92 Å². The predicted molar refractivity (Wildman–Crippen MR) is 78.8 cm³/mol. The number of hydrogen-bond donors (Lipinski definition) is 0. The zero-order valence-corrected chi connectivity index (χ0v) is 12.1. The van der Waals surface area contributed by atoms with E-state index in [2.05, 4.69) is 9.97 Å². The topological polar surface area (TPSA) is 55.3 Å². The van der Waals surface area contributed by atoms with Gasteiger partial charge < -0.3 is 9.64 Å². The number of anilines is 1. The molecule has 0 atom stereocenters. The molecule has 0 aliphatic carbocycles. The summed E-state index contributed by atoms with van der Waals surface area (Å²) in [5, 5.41) is 0. The zero-order valence-electron chi connectivity index (χ0n) is 12.1. The van der Waals surface area contributed by atoms with Crippen LogP contribution >= 0.6 is 0 Å². The molecule has 20 heavy (non-hydrogen) atoms. The van der Waals surface area contributed by atoms with E-state index in [0.29, 0.717) is 13.2 Å². The number of nitrogens with zero attached hydrogens (tertiary/aromatic N) is 3. The van der Waals surface area contributed by atoms with Crippen LogP contribution in [0.25, 0.3) is 11.0 Å². The monoisotopic (exact) mass is 273 g/mol. The van der Waals surface area contributed by atoms with Gasteiger partial charge in [-0.1, -0.05) is 12.1 Å². The smallest absolute Gasteiger partial charge is 0.325 e. The molecule has 5 nitrogen and oxygen atoms in total. The Balaban J connectivity index is 2.33. The lowest BCUT2D eigenvalue weighted by Crippen LogP contribution is -2.32. The van der Waals surface area contributed by atoms with Crippen LogP contribution in [0, 0.1) is 6.92 Å². The second-order valence-corrected chi connectivity index (χ2v) is 4.44. The van der Waals surface area contributed by atoms with Gasteiger partial charge in [-0.2, -0.15) is 0 Å². The number of ether oxygens (including phenoxy) is 1. The van der Waals surface area contributed by atoms with Gasteiger partial charge in [0.15, 0.2) is 5.82 Å². The molecule has 0 saturated carbocycles. The maximum atomic E-state index is 11.6. The quantitative estimate of drug-likeness (QED) is 0.783. The normalized spacial score (nSPS) is 10.6. The van der Waals surface area contributed by atoms with Crippen LogP contribution in [0.2, 0.25) is 0 Å². The van der Waals surface area contributed by atoms with Crippen LogP contribution < -0.4 is 4.90 Å². The SMILES string of the molecule is CCOC(=O)CN(CC)c1nc2ccccc2nc1C. The molecule has 0 aliphatic rings. The molecule has 0 fully saturated rings. The Morgan fingerprint density at radius 3 is 2.45 bits per heavy atom. The Kier molecular flexibility index (Phi) is 4.50. The van der Waals surface area contributed by atoms with E-state index < -0.39 is 0 Å². The van der Waals surface area contributed by atoms with Crippen LogP contribution in [-0.2, 0) is 9.53 Å². The standard InChI is InChI=1S/C15H19N3O2/c1-4-18(10-14(19)20-5-2)15-11(3)16-12-8-6-7-9-13(12)17-15/h6-9H,4-5,10H2,1-3H3. The van der Waals surface area contributed by atoms with Crippen molar-refractivity contribution in [2.24, 2.45) is 0 Å². The zero-order chi connectivity index (χ0) is 14.5. The Hall–Kier alpha value is -2.17. The molecule has 2 aromatic rings. The molecule has 0 aliphatic heterocycles. The van der Waals surface area contributed by atoms with Crippen molar-refractivity contribution in [1.29, 1.82) is 0 Å². The number of carbonyl (C=O) groups excluding carboxylic acids is 1. The fourth-order valence-corrected chi connectivity index (χ4v) is 2.08. The van der Waals surface area contributed by atoms with Crippen molar-refractivity contribution < 1.29 is 9.53 Å². The average Bonchev–Trinajstić information content (AvgIpc) is 2.44. The molecule has 0 bridgehead atoms. The van der Waals surface area contributed by atoms with E-state index >= 15 is 0 Å². The molecule has 0 spiro atoms. The Bertz CT molecular complexity index is 613. The minimum absolute atomic E-state index is 0.193. The van der Waals surface area contributed by atoms with E-state index in [0.717, 1.165) is 22.5 Å². The highest BCUT2D eigenvalue weighted by molar-refractivity contribution is 5.79.